The lowest BCUT2D eigenvalue weighted by atomic mass is 9.93. The average molecular weight is 480 g/mol. The highest BCUT2D eigenvalue weighted by Crippen LogP contribution is 2.33. The number of anilines is 1. The maximum Gasteiger partial charge on any atom is 0.433 e. The Labute approximate surface area is 199 Å². The van der Waals surface area contributed by atoms with E-state index in [0.717, 1.165) is 16.8 Å². The molecule has 0 atom stereocenters. The molecule has 1 saturated carbocycles. The van der Waals surface area contributed by atoms with E-state index in [-0.39, 0.29) is 29.3 Å². The SMILES string of the molecule is O=C(NC1CCC(ONc2cc(C(F)(F)F)nc3ccccc23)CC1)c1cc2ccccc2cn1. The van der Waals surface area contributed by atoms with E-state index in [2.05, 4.69) is 20.8 Å². The molecule has 1 amide bonds. The summed E-state index contributed by atoms with van der Waals surface area (Å²) in [6, 6.07) is 17.0. The van der Waals surface area contributed by atoms with Gasteiger partial charge in [-0.2, -0.15) is 13.2 Å². The minimum atomic E-state index is -4.56. The maximum absolute atomic E-state index is 13.3. The van der Waals surface area contributed by atoms with Crippen LogP contribution < -0.4 is 10.8 Å². The molecule has 0 spiro atoms. The van der Waals surface area contributed by atoms with Crippen LogP contribution in [0.1, 0.15) is 41.9 Å². The van der Waals surface area contributed by atoms with E-state index in [9.17, 15) is 18.0 Å². The minimum absolute atomic E-state index is 0.0193. The van der Waals surface area contributed by atoms with Crippen LogP contribution in [-0.4, -0.2) is 28.0 Å². The van der Waals surface area contributed by atoms with E-state index in [1.165, 1.54) is 6.07 Å². The van der Waals surface area contributed by atoms with Crippen molar-refractivity contribution in [2.24, 2.45) is 0 Å². The van der Waals surface area contributed by atoms with Crippen LogP contribution in [0.15, 0.2) is 66.9 Å². The zero-order chi connectivity index (χ0) is 24.4. The van der Waals surface area contributed by atoms with Crippen LogP contribution in [0.5, 0.6) is 0 Å². The number of carbonyl (C=O) groups excluding carboxylic acids is 1. The second kappa shape index (κ2) is 9.50. The quantitative estimate of drug-likeness (QED) is 0.349. The molecular weight excluding hydrogens is 457 g/mol. The highest BCUT2D eigenvalue weighted by Gasteiger charge is 2.33. The number of hydrogen-bond acceptors (Lipinski definition) is 5. The summed E-state index contributed by atoms with van der Waals surface area (Å²) in [7, 11) is 0. The number of hydrogen-bond donors (Lipinski definition) is 2. The highest BCUT2D eigenvalue weighted by atomic mass is 19.4. The normalized spacial score (nSPS) is 18.5. The Morgan fingerprint density at radius 2 is 1.66 bits per heavy atom. The van der Waals surface area contributed by atoms with E-state index >= 15 is 0 Å². The lowest BCUT2D eigenvalue weighted by Crippen LogP contribution is -2.39. The van der Waals surface area contributed by atoms with E-state index in [1.54, 1.807) is 30.5 Å². The third-order valence-electron chi connectivity index (χ3n) is 6.22. The minimum Gasteiger partial charge on any atom is -0.348 e. The first-order valence-corrected chi connectivity index (χ1v) is 11.4. The van der Waals surface area contributed by atoms with Crippen LogP contribution in [0.4, 0.5) is 18.9 Å². The molecule has 0 unspecified atom stereocenters. The predicted molar refractivity (Wildman–Crippen MR) is 127 cm³/mol. The van der Waals surface area contributed by atoms with Gasteiger partial charge in [-0.1, -0.05) is 42.5 Å². The molecule has 180 valence electrons. The summed E-state index contributed by atoms with van der Waals surface area (Å²) in [6.45, 7) is 0. The Morgan fingerprint density at radius 1 is 0.943 bits per heavy atom. The van der Waals surface area contributed by atoms with Crippen LogP contribution >= 0.6 is 0 Å². The zero-order valence-corrected chi connectivity index (χ0v) is 18.7. The van der Waals surface area contributed by atoms with Crippen LogP contribution in [0, 0.1) is 0 Å². The standard InChI is InChI=1S/C26H23F3N4O2/c27-26(28,29)24-14-22(20-7-3-4-8-21(20)32-24)33-35-19-11-9-18(10-12-19)31-25(34)23-13-16-5-1-2-6-17(16)15-30-23/h1-8,13-15,18-19H,9-12H2,(H,31,34)(H,32,33). The summed E-state index contributed by atoms with van der Waals surface area (Å²) in [5, 5.41) is 5.50. The Balaban J connectivity index is 1.18. The van der Waals surface area contributed by atoms with Gasteiger partial charge in [0.15, 0.2) is 0 Å². The van der Waals surface area contributed by atoms with Gasteiger partial charge in [0.1, 0.15) is 11.4 Å². The van der Waals surface area contributed by atoms with E-state index < -0.39 is 11.9 Å². The topological polar surface area (TPSA) is 76.1 Å². The van der Waals surface area contributed by atoms with Crippen LogP contribution in [0.2, 0.25) is 0 Å². The van der Waals surface area contributed by atoms with Crippen molar-refractivity contribution in [1.29, 1.82) is 0 Å². The van der Waals surface area contributed by atoms with Gasteiger partial charge in [-0.05, 0) is 49.3 Å². The molecule has 0 bridgehead atoms. The number of rotatable bonds is 5. The Kier molecular flexibility index (Phi) is 6.25. The first-order valence-electron chi connectivity index (χ1n) is 11.4. The highest BCUT2D eigenvalue weighted by molar-refractivity contribution is 5.96. The third-order valence-corrected chi connectivity index (χ3v) is 6.22. The number of halogens is 3. The van der Waals surface area contributed by atoms with Crippen LogP contribution in [-0.2, 0) is 11.0 Å². The smallest absolute Gasteiger partial charge is 0.348 e. The first-order chi connectivity index (χ1) is 16.9. The lowest BCUT2D eigenvalue weighted by molar-refractivity contribution is -0.140. The van der Waals surface area contributed by atoms with Crippen molar-refractivity contribution >= 4 is 33.3 Å². The number of benzene rings is 2. The van der Waals surface area contributed by atoms with Gasteiger partial charge in [0, 0.05) is 23.0 Å². The third kappa shape index (κ3) is 5.19. The fourth-order valence-corrected chi connectivity index (χ4v) is 4.34. The number of aromatic nitrogens is 2. The molecule has 2 heterocycles. The molecule has 1 aliphatic carbocycles. The number of fused-ring (bicyclic) bond motifs is 2. The summed E-state index contributed by atoms with van der Waals surface area (Å²) < 4.78 is 39.8. The maximum atomic E-state index is 13.3. The molecule has 6 nitrogen and oxygen atoms in total. The molecule has 0 saturated heterocycles. The van der Waals surface area contributed by atoms with Crippen molar-refractivity contribution in [3.8, 4) is 0 Å². The van der Waals surface area contributed by atoms with Gasteiger partial charge in [0.05, 0.1) is 17.3 Å². The fraction of sp³-hybridized carbons (Fsp3) is 0.269. The Hall–Kier alpha value is -3.72. The van der Waals surface area contributed by atoms with Gasteiger partial charge in [0.25, 0.3) is 5.91 Å². The van der Waals surface area contributed by atoms with Crippen molar-refractivity contribution in [1.82, 2.24) is 15.3 Å². The van der Waals surface area contributed by atoms with Crippen LogP contribution in [0.25, 0.3) is 21.7 Å². The number of carbonyl (C=O) groups is 1. The van der Waals surface area contributed by atoms with Gasteiger partial charge >= 0.3 is 6.18 Å². The molecule has 1 fully saturated rings. The van der Waals surface area contributed by atoms with E-state index in [4.69, 9.17) is 4.84 Å². The Morgan fingerprint density at radius 3 is 2.43 bits per heavy atom. The van der Waals surface area contributed by atoms with Crippen molar-refractivity contribution in [3.05, 3.63) is 78.2 Å². The van der Waals surface area contributed by atoms with Crippen molar-refractivity contribution < 1.29 is 22.8 Å². The number of nitrogens with one attached hydrogen (secondary N) is 2. The number of pyridine rings is 2. The van der Waals surface area contributed by atoms with Crippen molar-refractivity contribution in [2.45, 2.75) is 44.0 Å². The molecule has 0 radical (unpaired) electrons. The average Bonchev–Trinajstić information content (AvgIpc) is 2.87. The summed E-state index contributed by atoms with van der Waals surface area (Å²) in [4.78, 5) is 26.4. The first kappa shape index (κ1) is 23.0. The number of alkyl halides is 3. The van der Waals surface area contributed by atoms with Gasteiger partial charge < -0.3 is 5.32 Å². The molecule has 0 aliphatic heterocycles. The fourth-order valence-electron chi connectivity index (χ4n) is 4.34. The molecular formula is C26H23F3N4O2. The zero-order valence-electron chi connectivity index (χ0n) is 18.7. The molecule has 4 aromatic rings. The lowest BCUT2D eigenvalue weighted by Gasteiger charge is -2.29. The Bertz CT molecular complexity index is 1370. The van der Waals surface area contributed by atoms with Crippen molar-refractivity contribution in [3.63, 3.8) is 0 Å². The van der Waals surface area contributed by atoms with Gasteiger partial charge in [-0.25, -0.2) is 4.98 Å². The molecule has 1 aliphatic rings. The van der Waals surface area contributed by atoms with Gasteiger partial charge in [-0.3, -0.25) is 20.1 Å². The van der Waals surface area contributed by atoms with Crippen LogP contribution in [0.3, 0.4) is 0 Å². The van der Waals surface area contributed by atoms with E-state index in [0.29, 0.717) is 36.8 Å². The van der Waals surface area contributed by atoms with Gasteiger partial charge in [-0.15, -0.1) is 0 Å². The van der Waals surface area contributed by atoms with Gasteiger partial charge in [0.2, 0.25) is 0 Å². The molecule has 2 aromatic heterocycles. The molecule has 5 rings (SSSR count). The monoisotopic (exact) mass is 480 g/mol. The molecule has 2 N–H and O–H groups in total. The summed E-state index contributed by atoms with van der Waals surface area (Å²) in [5.74, 6) is -0.221. The number of amides is 1. The predicted octanol–water partition coefficient (Wildman–Crippen LogP) is 5.89. The largest absolute Gasteiger partial charge is 0.433 e. The summed E-state index contributed by atoms with van der Waals surface area (Å²) >= 11 is 0. The summed E-state index contributed by atoms with van der Waals surface area (Å²) in [5.41, 5.74) is 2.59. The molecule has 9 heteroatoms. The number of nitrogens with zero attached hydrogens (tertiary/aromatic N) is 2. The second-order valence-corrected chi connectivity index (χ2v) is 8.65. The second-order valence-electron chi connectivity index (χ2n) is 8.65. The van der Waals surface area contributed by atoms with E-state index in [1.807, 2.05) is 24.3 Å². The van der Waals surface area contributed by atoms with Crippen molar-refractivity contribution in [2.75, 3.05) is 5.48 Å². The summed E-state index contributed by atoms with van der Waals surface area (Å²) in [6.07, 6.45) is -0.378. The molecule has 35 heavy (non-hydrogen) atoms. The molecule has 2 aromatic carbocycles. The number of para-hydroxylation sites is 1.